The molecule has 0 aliphatic carbocycles. The molecule has 4 heteroatoms. The van der Waals surface area contributed by atoms with Crippen LogP contribution in [0.5, 0.6) is 0 Å². The molecule has 0 saturated heterocycles. The second-order valence-electron chi connectivity index (χ2n) is 3.71. The summed E-state index contributed by atoms with van der Waals surface area (Å²) in [4.78, 5) is 10.3. The first-order chi connectivity index (χ1) is 7.61. The zero-order chi connectivity index (χ0) is 12.0. The molecule has 0 fully saturated rings. The Balaban J connectivity index is 2.34. The van der Waals surface area contributed by atoms with Gasteiger partial charge in [-0.2, -0.15) is 0 Å². The quantitative estimate of drug-likeness (QED) is 0.732. The van der Waals surface area contributed by atoms with E-state index in [2.05, 4.69) is 5.32 Å². The number of nitrogens with one attached hydrogen (secondary N) is 1. The summed E-state index contributed by atoms with van der Waals surface area (Å²) in [6, 6.07) is 4.91. The van der Waals surface area contributed by atoms with Gasteiger partial charge in [0.05, 0.1) is 5.69 Å². The van der Waals surface area contributed by atoms with Gasteiger partial charge in [-0.1, -0.05) is 12.1 Å². The molecule has 0 spiro atoms. The summed E-state index contributed by atoms with van der Waals surface area (Å²) in [6.07, 6.45) is 1.49. The molecule has 2 N–H and O–H groups in total. The van der Waals surface area contributed by atoms with Gasteiger partial charge in [0.15, 0.2) is 0 Å². The molecule has 1 aromatic rings. The summed E-state index contributed by atoms with van der Waals surface area (Å²) in [5.41, 5.74) is 1.37. The van der Waals surface area contributed by atoms with Gasteiger partial charge < -0.3 is 10.4 Å². The smallest absolute Gasteiger partial charge is 0.303 e. The van der Waals surface area contributed by atoms with Crippen LogP contribution in [-0.4, -0.2) is 17.6 Å². The van der Waals surface area contributed by atoms with Crippen molar-refractivity contribution in [3.8, 4) is 0 Å². The highest BCUT2D eigenvalue weighted by atomic mass is 19.1. The van der Waals surface area contributed by atoms with Gasteiger partial charge in [0.1, 0.15) is 5.82 Å². The van der Waals surface area contributed by atoms with Gasteiger partial charge in [0.25, 0.3) is 0 Å². The summed E-state index contributed by atoms with van der Waals surface area (Å²) in [5.74, 6) is -1.06. The van der Waals surface area contributed by atoms with E-state index in [0.717, 1.165) is 12.0 Å². The van der Waals surface area contributed by atoms with Gasteiger partial charge in [-0.05, 0) is 31.4 Å². The molecule has 0 heterocycles. The Labute approximate surface area is 94.3 Å². The van der Waals surface area contributed by atoms with E-state index in [0.29, 0.717) is 18.7 Å². The molecule has 0 aromatic heterocycles. The van der Waals surface area contributed by atoms with Crippen LogP contribution < -0.4 is 5.32 Å². The Bertz CT molecular complexity index is 346. The second kappa shape index (κ2) is 6.10. The first kappa shape index (κ1) is 12.5. The van der Waals surface area contributed by atoms with Crippen LogP contribution in [0, 0.1) is 12.7 Å². The molecule has 0 bridgehead atoms. The molecule has 1 rings (SSSR count). The molecule has 0 unspecified atom stereocenters. The number of hydrogen-bond acceptors (Lipinski definition) is 2. The van der Waals surface area contributed by atoms with E-state index in [1.54, 1.807) is 6.07 Å². The minimum atomic E-state index is -0.790. The zero-order valence-corrected chi connectivity index (χ0v) is 9.29. The van der Waals surface area contributed by atoms with Gasteiger partial charge in [-0.25, -0.2) is 4.39 Å². The van der Waals surface area contributed by atoms with Crippen LogP contribution in [0.1, 0.15) is 24.8 Å². The first-order valence-corrected chi connectivity index (χ1v) is 5.32. The van der Waals surface area contributed by atoms with Gasteiger partial charge >= 0.3 is 5.97 Å². The minimum Gasteiger partial charge on any atom is -0.481 e. The Hall–Kier alpha value is -1.58. The van der Waals surface area contributed by atoms with Crippen LogP contribution in [0.2, 0.25) is 0 Å². The van der Waals surface area contributed by atoms with Crippen molar-refractivity contribution in [2.45, 2.75) is 26.2 Å². The van der Waals surface area contributed by atoms with Crippen molar-refractivity contribution >= 4 is 11.7 Å². The summed E-state index contributed by atoms with van der Waals surface area (Å²) in [6.45, 7) is 2.43. The maximum absolute atomic E-state index is 13.3. The number of aliphatic carboxylic acids is 1. The number of benzene rings is 1. The number of carboxylic acid groups (broad SMARTS) is 1. The summed E-state index contributed by atoms with van der Waals surface area (Å²) in [7, 11) is 0. The molecule has 0 aliphatic heterocycles. The Kier molecular flexibility index (Phi) is 4.76. The number of halogens is 1. The largest absolute Gasteiger partial charge is 0.481 e. The Morgan fingerprint density at radius 2 is 2.19 bits per heavy atom. The topological polar surface area (TPSA) is 49.3 Å². The number of rotatable bonds is 6. The highest BCUT2D eigenvalue weighted by Crippen LogP contribution is 2.18. The maximum Gasteiger partial charge on any atom is 0.303 e. The van der Waals surface area contributed by atoms with Gasteiger partial charge in [-0.3, -0.25) is 4.79 Å². The average Bonchev–Trinajstić information content (AvgIpc) is 2.21. The third kappa shape index (κ3) is 3.88. The molecule has 0 amide bonds. The van der Waals surface area contributed by atoms with Gasteiger partial charge in [-0.15, -0.1) is 0 Å². The van der Waals surface area contributed by atoms with Crippen LogP contribution in [0.25, 0.3) is 0 Å². The minimum absolute atomic E-state index is 0.165. The van der Waals surface area contributed by atoms with Crippen molar-refractivity contribution in [2.75, 3.05) is 11.9 Å². The highest BCUT2D eigenvalue weighted by molar-refractivity contribution is 5.66. The summed E-state index contributed by atoms with van der Waals surface area (Å²) < 4.78 is 13.3. The van der Waals surface area contributed by atoms with E-state index in [-0.39, 0.29) is 12.2 Å². The normalized spacial score (nSPS) is 10.1. The lowest BCUT2D eigenvalue weighted by Crippen LogP contribution is -2.06. The monoisotopic (exact) mass is 225 g/mol. The number of anilines is 1. The van der Waals surface area contributed by atoms with E-state index in [4.69, 9.17) is 5.11 Å². The standard InChI is InChI=1S/C12H16FNO2/c1-9-5-4-6-10(13)12(9)14-8-3-2-7-11(15)16/h4-6,14H,2-3,7-8H2,1H3,(H,15,16). The highest BCUT2D eigenvalue weighted by Gasteiger charge is 2.03. The number of aryl methyl sites for hydroxylation is 1. The van der Waals surface area contributed by atoms with Gasteiger partial charge in [0, 0.05) is 13.0 Å². The average molecular weight is 225 g/mol. The zero-order valence-electron chi connectivity index (χ0n) is 9.29. The van der Waals surface area contributed by atoms with Crippen LogP contribution in [0.3, 0.4) is 0 Å². The van der Waals surface area contributed by atoms with Crippen molar-refractivity contribution < 1.29 is 14.3 Å². The fourth-order valence-corrected chi connectivity index (χ4v) is 1.47. The van der Waals surface area contributed by atoms with Crippen molar-refractivity contribution in [1.82, 2.24) is 0 Å². The molecule has 0 saturated carbocycles. The predicted molar refractivity (Wildman–Crippen MR) is 61.1 cm³/mol. The maximum atomic E-state index is 13.3. The van der Waals surface area contributed by atoms with Crippen LogP contribution in [0.15, 0.2) is 18.2 Å². The Morgan fingerprint density at radius 1 is 1.44 bits per heavy atom. The van der Waals surface area contributed by atoms with E-state index in [1.807, 2.05) is 13.0 Å². The first-order valence-electron chi connectivity index (χ1n) is 5.32. The lowest BCUT2D eigenvalue weighted by atomic mass is 10.2. The SMILES string of the molecule is Cc1cccc(F)c1NCCCCC(=O)O. The molecule has 0 atom stereocenters. The lowest BCUT2D eigenvalue weighted by Gasteiger charge is -2.09. The van der Waals surface area contributed by atoms with Crippen LogP contribution >= 0.6 is 0 Å². The molecular weight excluding hydrogens is 209 g/mol. The number of unbranched alkanes of at least 4 members (excludes halogenated alkanes) is 1. The van der Waals surface area contributed by atoms with Gasteiger partial charge in [0.2, 0.25) is 0 Å². The second-order valence-corrected chi connectivity index (χ2v) is 3.71. The molecule has 0 radical (unpaired) electrons. The number of hydrogen-bond donors (Lipinski definition) is 2. The molecular formula is C12H16FNO2. The number of carbonyl (C=O) groups is 1. The lowest BCUT2D eigenvalue weighted by molar-refractivity contribution is -0.137. The van der Waals surface area contributed by atoms with Crippen molar-refractivity contribution in [3.05, 3.63) is 29.6 Å². The van der Waals surface area contributed by atoms with E-state index < -0.39 is 5.97 Å². The summed E-state index contributed by atoms with van der Waals surface area (Å²) in [5, 5.41) is 11.4. The van der Waals surface area contributed by atoms with Crippen molar-refractivity contribution in [2.24, 2.45) is 0 Å². The fourth-order valence-electron chi connectivity index (χ4n) is 1.47. The molecule has 16 heavy (non-hydrogen) atoms. The van der Waals surface area contributed by atoms with Crippen molar-refractivity contribution in [1.29, 1.82) is 0 Å². The third-order valence-corrected chi connectivity index (χ3v) is 2.34. The Morgan fingerprint density at radius 3 is 2.81 bits per heavy atom. The van der Waals surface area contributed by atoms with E-state index in [9.17, 15) is 9.18 Å². The number of carboxylic acids is 1. The number of para-hydroxylation sites is 1. The predicted octanol–water partition coefficient (Wildman–Crippen LogP) is 2.80. The third-order valence-electron chi connectivity index (χ3n) is 2.34. The van der Waals surface area contributed by atoms with E-state index in [1.165, 1.54) is 6.07 Å². The van der Waals surface area contributed by atoms with Crippen LogP contribution in [0.4, 0.5) is 10.1 Å². The van der Waals surface area contributed by atoms with E-state index >= 15 is 0 Å². The molecule has 88 valence electrons. The van der Waals surface area contributed by atoms with Crippen molar-refractivity contribution in [3.63, 3.8) is 0 Å². The van der Waals surface area contributed by atoms with Crippen LogP contribution in [-0.2, 0) is 4.79 Å². The molecule has 1 aromatic carbocycles. The molecule has 0 aliphatic rings. The summed E-state index contributed by atoms with van der Waals surface area (Å²) >= 11 is 0. The molecule has 3 nitrogen and oxygen atoms in total. The fraction of sp³-hybridized carbons (Fsp3) is 0.417.